The molecule has 0 spiro atoms. The van der Waals surface area contributed by atoms with E-state index >= 15 is 0 Å². The number of para-hydroxylation sites is 1. The Hall–Kier alpha value is -3.15. The lowest BCUT2D eigenvalue weighted by Crippen LogP contribution is -2.38. The molecule has 1 unspecified atom stereocenters. The van der Waals surface area contributed by atoms with E-state index in [0.717, 1.165) is 25.7 Å². The number of ether oxygens (including phenoxy) is 1. The summed E-state index contributed by atoms with van der Waals surface area (Å²) in [4.78, 5) is 33.6. The lowest BCUT2D eigenvalue weighted by atomic mass is 10.1. The van der Waals surface area contributed by atoms with Crippen LogP contribution in [0.5, 0.6) is 5.75 Å². The Morgan fingerprint density at radius 1 is 1.03 bits per heavy atom. The number of rotatable bonds is 11. The molecule has 0 aliphatic carbocycles. The van der Waals surface area contributed by atoms with Gasteiger partial charge >= 0.3 is 0 Å². The zero-order valence-electron chi connectivity index (χ0n) is 20.2. The Bertz CT molecular complexity index is 1120. The summed E-state index contributed by atoms with van der Waals surface area (Å²) in [5, 5.41) is 0.559. The number of aromatic nitrogens is 2. The van der Waals surface area contributed by atoms with Crippen molar-refractivity contribution in [1.82, 2.24) is 14.5 Å². The first-order valence-corrected chi connectivity index (χ1v) is 12.0. The fraction of sp³-hybridized carbons (Fsp3) is 0.444. The van der Waals surface area contributed by atoms with Crippen LogP contribution in [-0.4, -0.2) is 34.0 Å². The average molecular weight is 450 g/mol. The number of hydrogen-bond donors (Lipinski definition) is 0. The third-order valence-electron chi connectivity index (χ3n) is 6.07. The van der Waals surface area contributed by atoms with Crippen LogP contribution < -0.4 is 10.3 Å². The summed E-state index contributed by atoms with van der Waals surface area (Å²) < 4.78 is 6.96. The van der Waals surface area contributed by atoms with E-state index in [9.17, 15) is 9.59 Å². The second-order valence-electron chi connectivity index (χ2n) is 8.25. The smallest absolute Gasteiger partial charge is 0.266 e. The number of carbonyl (C=O) groups is 1. The lowest BCUT2D eigenvalue weighted by Gasteiger charge is -2.32. The van der Waals surface area contributed by atoms with E-state index in [1.807, 2.05) is 61.2 Å². The molecule has 0 bridgehead atoms. The molecule has 33 heavy (non-hydrogen) atoms. The Labute approximate surface area is 196 Å². The van der Waals surface area contributed by atoms with Gasteiger partial charge in [0, 0.05) is 13.0 Å². The molecule has 1 atom stereocenters. The van der Waals surface area contributed by atoms with E-state index < -0.39 is 0 Å². The van der Waals surface area contributed by atoms with Crippen molar-refractivity contribution < 1.29 is 9.53 Å². The van der Waals surface area contributed by atoms with Crippen molar-refractivity contribution in [2.75, 3.05) is 13.7 Å². The third-order valence-corrected chi connectivity index (χ3v) is 6.07. The molecule has 176 valence electrons. The molecule has 1 amide bonds. The minimum Gasteiger partial charge on any atom is -0.497 e. The topological polar surface area (TPSA) is 64.4 Å². The molecule has 1 aromatic heterocycles. The van der Waals surface area contributed by atoms with Crippen molar-refractivity contribution in [2.45, 2.75) is 65.3 Å². The molecule has 0 saturated carbocycles. The predicted molar refractivity (Wildman–Crippen MR) is 133 cm³/mol. The van der Waals surface area contributed by atoms with Crippen LogP contribution in [0.4, 0.5) is 0 Å². The number of unbranched alkanes of at least 4 members (excludes halogenated alkanes) is 3. The van der Waals surface area contributed by atoms with Gasteiger partial charge in [0.05, 0.1) is 29.7 Å². The highest BCUT2D eigenvalue weighted by atomic mass is 16.5. The molecule has 0 aliphatic heterocycles. The van der Waals surface area contributed by atoms with Gasteiger partial charge < -0.3 is 9.64 Å². The van der Waals surface area contributed by atoms with Gasteiger partial charge in [-0.05, 0) is 49.2 Å². The number of nitrogens with zero attached hydrogens (tertiary/aromatic N) is 3. The normalized spacial score (nSPS) is 12.0. The summed E-state index contributed by atoms with van der Waals surface area (Å²) in [5.74, 6) is 1.40. The van der Waals surface area contributed by atoms with E-state index in [4.69, 9.17) is 9.72 Å². The van der Waals surface area contributed by atoms with Crippen molar-refractivity contribution in [1.29, 1.82) is 0 Å². The quantitative estimate of drug-likeness (QED) is 0.354. The average Bonchev–Trinajstić information content (AvgIpc) is 2.85. The maximum Gasteiger partial charge on any atom is 0.266 e. The highest BCUT2D eigenvalue weighted by Crippen LogP contribution is 2.27. The van der Waals surface area contributed by atoms with Gasteiger partial charge in [-0.3, -0.25) is 14.2 Å². The van der Waals surface area contributed by atoms with Gasteiger partial charge in [-0.25, -0.2) is 4.98 Å². The number of fused-ring (bicyclic) bond motifs is 1. The summed E-state index contributed by atoms with van der Waals surface area (Å²) in [7, 11) is 1.62. The SMILES string of the molecule is CCCCCCN(C(=O)CC)C(CC)c1nc2ccccc2c(=O)n1-c1ccc(OC)cc1. The highest BCUT2D eigenvalue weighted by Gasteiger charge is 2.28. The Balaban J connectivity index is 2.18. The van der Waals surface area contributed by atoms with Gasteiger partial charge in [0.15, 0.2) is 0 Å². The second-order valence-corrected chi connectivity index (χ2v) is 8.25. The van der Waals surface area contributed by atoms with Crippen molar-refractivity contribution >= 4 is 16.8 Å². The van der Waals surface area contributed by atoms with Crippen LogP contribution in [0.3, 0.4) is 0 Å². The largest absolute Gasteiger partial charge is 0.497 e. The minimum absolute atomic E-state index is 0.0852. The Morgan fingerprint density at radius 3 is 2.39 bits per heavy atom. The first-order chi connectivity index (χ1) is 16.0. The summed E-state index contributed by atoms with van der Waals surface area (Å²) >= 11 is 0. The molecule has 0 saturated heterocycles. The van der Waals surface area contributed by atoms with Gasteiger partial charge in [-0.2, -0.15) is 0 Å². The summed E-state index contributed by atoms with van der Waals surface area (Å²) in [6, 6.07) is 14.5. The van der Waals surface area contributed by atoms with Crippen LogP contribution >= 0.6 is 0 Å². The number of carbonyl (C=O) groups excluding carboxylic acids is 1. The van der Waals surface area contributed by atoms with E-state index in [2.05, 4.69) is 6.92 Å². The standard InChI is InChI=1S/C27H35N3O3/c1-5-8-9-12-19-29(25(31)7-3)24(6-2)26-28-23-14-11-10-13-22(23)27(32)30(26)20-15-17-21(33-4)18-16-20/h10-11,13-18,24H,5-9,12,19H2,1-4H3. The van der Waals surface area contributed by atoms with E-state index in [1.165, 1.54) is 0 Å². The molecule has 0 radical (unpaired) electrons. The maximum atomic E-state index is 13.7. The van der Waals surface area contributed by atoms with Gasteiger partial charge in [-0.15, -0.1) is 0 Å². The molecule has 3 aromatic rings. The number of benzene rings is 2. The fourth-order valence-corrected chi connectivity index (χ4v) is 4.26. The van der Waals surface area contributed by atoms with Crippen LogP contribution in [0.2, 0.25) is 0 Å². The van der Waals surface area contributed by atoms with Crippen molar-refractivity contribution in [3.63, 3.8) is 0 Å². The molecule has 6 heteroatoms. The van der Waals surface area contributed by atoms with E-state index in [0.29, 0.717) is 47.6 Å². The van der Waals surface area contributed by atoms with Crippen LogP contribution in [0.15, 0.2) is 53.3 Å². The van der Waals surface area contributed by atoms with Crippen molar-refractivity contribution in [3.8, 4) is 11.4 Å². The second kappa shape index (κ2) is 11.6. The summed E-state index contributed by atoms with van der Waals surface area (Å²) in [6.45, 7) is 6.78. The molecular formula is C27H35N3O3. The van der Waals surface area contributed by atoms with Crippen LogP contribution in [-0.2, 0) is 4.79 Å². The molecule has 0 N–H and O–H groups in total. The summed E-state index contributed by atoms with van der Waals surface area (Å²) in [5.41, 5.74) is 1.23. The molecule has 0 fully saturated rings. The maximum absolute atomic E-state index is 13.7. The van der Waals surface area contributed by atoms with E-state index in [1.54, 1.807) is 17.7 Å². The number of amides is 1. The van der Waals surface area contributed by atoms with Gasteiger partial charge in [0.25, 0.3) is 5.56 Å². The first-order valence-electron chi connectivity index (χ1n) is 12.0. The fourth-order valence-electron chi connectivity index (χ4n) is 4.26. The number of methoxy groups -OCH3 is 1. The Kier molecular flexibility index (Phi) is 8.64. The van der Waals surface area contributed by atoms with E-state index in [-0.39, 0.29) is 17.5 Å². The lowest BCUT2D eigenvalue weighted by molar-refractivity contribution is -0.133. The zero-order chi connectivity index (χ0) is 23.8. The van der Waals surface area contributed by atoms with Crippen LogP contribution in [0.25, 0.3) is 16.6 Å². The molecule has 0 aliphatic rings. The first kappa shape index (κ1) is 24.5. The van der Waals surface area contributed by atoms with Crippen molar-refractivity contribution in [3.05, 3.63) is 64.7 Å². The molecule has 3 rings (SSSR count). The monoisotopic (exact) mass is 449 g/mol. The van der Waals surface area contributed by atoms with Crippen molar-refractivity contribution in [2.24, 2.45) is 0 Å². The molecule has 2 aromatic carbocycles. The van der Waals surface area contributed by atoms with Gasteiger partial charge in [0.1, 0.15) is 11.6 Å². The zero-order valence-corrected chi connectivity index (χ0v) is 20.2. The molecular weight excluding hydrogens is 414 g/mol. The Morgan fingerprint density at radius 2 is 1.76 bits per heavy atom. The van der Waals surface area contributed by atoms with Gasteiger partial charge in [-0.1, -0.05) is 52.2 Å². The third kappa shape index (κ3) is 5.44. The minimum atomic E-state index is -0.293. The predicted octanol–water partition coefficient (Wildman–Crippen LogP) is 5.66. The molecule has 1 heterocycles. The highest BCUT2D eigenvalue weighted by molar-refractivity contribution is 5.79. The number of hydrogen-bond acceptors (Lipinski definition) is 4. The van der Waals surface area contributed by atoms with Crippen LogP contribution in [0.1, 0.15) is 71.2 Å². The van der Waals surface area contributed by atoms with Gasteiger partial charge in [0.2, 0.25) is 5.91 Å². The van der Waals surface area contributed by atoms with Crippen LogP contribution in [0, 0.1) is 0 Å². The summed E-state index contributed by atoms with van der Waals surface area (Å²) in [6.07, 6.45) is 5.40. The molecule has 6 nitrogen and oxygen atoms in total.